The summed E-state index contributed by atoms with van der Waals surface area (Å²) in [6, 6.07) is 0. The highest BCUT2D eigenvalue weighted by Gasteiger charge is 2.23. The third-order valence-corrected chi connectivity index (χ3v) is 2.87. The topological polar surface area (TPSA) is 55.8 Å². The predicted octanol–water partition coefficient (Wildman–Crippen LogP) is 1.75. The number of rotatable bonds is 4. The fourth-order valence-electron chi connectivity index (χ4n) is 1.50. The molecule has 86 valence electrons. The van der Waals surface area contributed by atoms with Crippen molar-refractivity contribution in [2.45, 2.75) is 42.2 Å². The maximum Gasteiger partial charge on any atom is 0.333 e. The van der Waals surface area contributed by atoms with Crippen molar-refractivity contribution in [1.82, 2.24) is 0 Å². The lowest BCUT2D eigenvalue weighted by Crippen LogP contribution is -2.28. The molecule has 0 amide bonds. The highest BCUT2D eigenvalue weighted by atomic mass is 127. The summed E-state index contributed by atoms with van der Waals surface area (Å²) in [5, 5.41) is 9.29. The number of carbonyl (C=O) groups excluding carboxylic acids is 1. The molecular weight excluding hydrogens is 311 g/mol. The third kappa shape index (κ3) is 4.94. The number of alkyl halides is 1. The molecule has 1 unspecified atom stereocenters. The van der Waals surface area contributed by atoms with Gasteiger partial charge in [-0.2, -0.15) is 0 Å². The molecule has 0 aliphatic heterocycles. The van der Waals surface area contributed by atoms with Crippen LogP contribution in [0.3, 0.4) is 0 Å². The van der Waals surface area contributed by atoms with E-state index in [1.807, 2.05) is 22.6 Å². The van der Waals surface area contributed by atoms with E-state index in [1.54, 1.807) is 0 Å². The van der Waals surface area contributed by atoms with Crippen LogP contribution in [0, 0.1) is 0 Å². The lowest BCUT2D eigenvalue weighted by molar-refractivity contribution is -0.161. The first-order valence-corrected chi connectivity index (χ1v) is 6.17. The van der Waals surface area contributed by atoms with Crippen LogP contribution >= 0.6 is 22.6 Å². The number of halogens is 1. The van der Waals surface area contributed by atoms with Crippen molar-refractivity contribution >= 4 is 28.6 Å². The molecular formula is C10H15IO4. The number of aliphatic hydroxyl groups is 1. The van der Waals surface area contributed by atoms with Gasteiger partial charge >= 0.3 is 5.97 Å². The number of hydrogen-bond acceptors (Lipinski definition) is 4. The van der Waals surface area contributed by atoms with Crippen molar-refractivity contribution in [2.75, 3.05) is 0 Å². The van der Waals surface area contributed by atoms with Crippen LogP contribution in [0.1, 0.15) is 25.7 Å². The Morgan fingerprint density at radius 1 is 1.47 bits per heavy atom. The van der Waals surface area contributed by atoms with Gasteiger partial charge in [-0.05, 0) is 48.3 Å². The Labute approximate surface area is 103 Å². The summed E-state index contributed by atoms with van der Waals surface area (Å²) >= 11 is 1.91. The Kier molecular flexibility index (Phi) is 5.55. The Hall–Kier alpha value is -0.140. The largest absolute Gasteiger partial charge is 0.423 e. The van der Waals surface area contributed by atoms with Gasteiger partial charge < -0.3 is 14.6 Å². The molecule has 1 N–H and O–H groups in total. The first-order valence-electron chi connectivity index (χ1n) is 4.92. The number of esters is 1. The summed E-state index contributed by atoms with van der Waals surface area (Å²) in [6.07, 6.45) is 4.12. The van der Waals surface area contributed by atoms with E-state index in [4.69, 9.17) is 9.47 Å². The van der Waals surface area contributed by atoms with Gasteiger partial charge in [0.2, 0.25) is 0 Å². The molecule has 0 radical (unpaired) electrons. The molecule has 1 saturated carbocycles. The number of hydrogen-bond donors (Lipinski definition) is 1. The van der Waals surface area contributed by atoms with E-state index in [1.165, 1.54) is 0 Å². The SMILES string of the molecule is C=CC(=O)OC(I)OC1CCC(O)CC1. The smallest absolute Gasteiger partial charge is 0.333 e. The monoisotopic (exact) mass is 326 g/mol. The Balaban J connectivity index is 2.23. The maximum absolute atomic E-state index is 10.9. The van der Waals surface area contributed by atoms with Crippen molar-refractivity contribution in [3.63, 3.8) is 0 Å². The van der Waals surface area contributed by atoms with Crippen molar-refractivity contribution in [3.05, 3.63) is 12.7 Å². The Morgan fingerprint density at radius 3 is 2.60 bits per heavy atom. The van der Waals surface area contributed by atoms with Gasteiger partial charge in [-0.3, -0.25) is 0 Å². The molecule has 0 bridgehead atoms. The molecule has 1 aliphatic rings. The second-order valence-electron chi connectivity index (χ2n) is 3.48. The summed E-state index contributed by atoms with van der Waals surface area (Å²) in [5.41, 5.74) is 0. The van der Waals surface area contributed by atoms with Crippen LogP contribution in [-0.2, 0) is 14.3 Å². The van der Waals surface area contributed by atoms with Crippen LogP contribution in [0.2, 0.25) is 0 Å². The van der Waals surface area contributed by atoms with Crippen molar-refractivity contribution < 1.29 is 19.4 Å². The zero-order valence-corrected chi connectivity index (χ0v) is 10.6. The van der Waals surface area contributed by atoms with Gasteiger partial charge in [-0.15, -0.1) is 0 Å². The highest BCUT2D eigenvalue weighted by Crippen LogP contribution is 2.23. The quantitative estimate of drug-likeness (QED) is 0.281. The predicted molar refractivity (Wildman–Crippen MR) is 63.4 cm³/mol. The fourth-order valence-corrected chi connectivity index (χ4v) is 2.17. The molecule has 4 nitrogen and oxygen atoms in total. The second kappa shape index (κ2) is 6.44. The van der Waals surface area contributed by atoms with Crippen LogP contribution in [-0.4, -0.2) is 27.6 Å². The van der Waals surface area contributed by atoms with Gasteiger partial charge in [0.25, 0.3) is 4.30 Å². The summed E-state index contributed by atoms with van der Waals surface area (Å²) in [6.45, 7) is 3.30. The Morgan fingerprint density at radius 2 is 2.07 bits per heavy atom. The van der Waals surface area contributed by atoms with E-state index in [9.17, 15) is 9.90 Å². The maximum atomic E-state index is 10.9. The third-order valence-electron chi connectivity index (χ3n) is 2.32. The average Bonchev–Trinajstić information content (AvgIpc) is 2.21. The van der Waals surface area contributed by atoms with Gasteiger partial charge in [0.1, 0.15) is 0 Å². The van der Waals surface area contributed by atoms with Gasteiger partial charge in [0.15, 0.2) is 0 Å². The lowest BCUT2D eigenvalue weighted by atomic mass is 9.95. The van der Waals surface area contributed by atoms with Gasteiger partial charge in [0, 0.05) is 6.08 Å². The number of carbonyl (C=O) groups is 1. The van der Waals surface area contributed by atoms with Crippen LogP contribution in [0.4, 0.5) is 0 Å². The fraction of sp³-hybridized carbons (Fsp3) is 0.700. The zero-order chi connectivity index (χ0) is 11.3. The standard InChI is InChI=1S/C10H15IO4/c1-2-9(13)15-10(11)14-8-5-3-7(12)4-6-8/h2,7-8,10,12H,1,3-6H2. The zero-order valence-electron chi connectivity index (χ0n) is 8.39. The first-order chi connectivity index (χ1) is 7.11. The van der Waals surface area contributed by atoms with E-state index in [2.05, 4.69) is 6.58 Å². The van der Waals surface area contributed by atoms with Gasteiger partial charge in [-0.1, -0.05) is 6.58 Å². The summed E-state index contributed by atoms with van der Waals surface area (Å²) < 4.78 is 9.80. The minimum absolute atomic E-state index is 0.0768. The van der Waals surface area contributed by atoms with E-state index >= 15 is 0 Å². The molecule has 0 aromatic heterocycles. The van der Waals surface area contributed by atoms with Crippen molar-refractivity contribution in [1.29, 1.82) is 0 Å². The molecule has 0 heterocycles. The van der Waals surface area contributed by atoms with Crippen LogP contribution < -0.4 is 0 Å². The van der Waals surface area contributed by atoms with Crippen LogP contribution in [0.25, 0.3) is 0 Å². The molecule has 15 heavy (non-hydrogen) atoms. The van der Waals surface area contributed by atoms with E-state index < -0.39 is 10.3 Å². The van der Waals surface area contributed by atoms with E-state index in [0.29, 0.717) is 0 Å². The molecule has 5 heteroatoms. The summed E-state index contributed by atoms with van der Waals surface area (Å²) in [7, 11) is 0. The second-order valence-corrected chi connectivity index (χ2v) is 4.50. The van der Waals surface area contributed by atoms with Crippen molar-refractivity contribution in [2.24, 2.45) is 0 Å². The molecule has 1 fully saturated rings. The molecule has 0 saturated heterocycles. The Bertz CT molecular complexity index is 223. The molecule has 0 aromatic carbocycles. The lowest BCUT2D eigenvalue weighted by Gasteiger charge is -2.27. The average molecular weight is 326 g/mol. The highest BCUT2D eigenvalue weighted by molar-refractivity contribution is 14.1. The first kappa shape index (κ1) is 12.9. The van der Waals surface area contributed by atoms with Crippen LogP contribution in [0.15, 0.2) is 12.7 Å². The van der Waals surface area contributed by atoms with Crippen LogP contribution in [0.5, 0.6) is 0 Å². The molecule has 1 atom stereocenters. The number of ether oxygens (including phenoxy) is 2. The van der Waals surface area contributed by atoms with E-state index in [0.717, 1.165) is 31.8 Å². The molecule has 0 spiro atoms. The van der Waals surface area contributed by atoms with E-state index in [-0.39, 0.29) is 12.2 Å². The van der Waals surface area contributed by atoms with Gasteiger partial charge in [0.05, 0.1) is 12.2 Å². The van der Waals surface area contributed by atoms with Crippen molar-refractivity contribution in [3.8, 4) is 0 Å². The molecule has 1 aliphatic carbocycles. The van der Waals surface area contributed by atoms with Gasteiger partial charge in [-0.25, -0.2) is 4.79 Å². The minimum Gasteiger partial charge on any atom is -0.423 e. The molecule has 1 rings (SSSR count). The number of aliphatic hydroxyl groups excluding tert-OH is 1. The normalized spacial score (nSPS) is 28.1. The minimum atomic E-state index is -0.576. The molecule has 0 aromatic rings. The summed E-state index contributed by atoms with van der Waals surface area (Å²) in [5.74, 6) is -0.481. The summed E-state index contributed by atoms with van der Waals surface area (Å²) in [4.78, 5) is 10.9.